The molecule has 1 aliphatic heterocycles. The van der Waals surface area contributed by atoms with Gasteiger partial charge in [0.05, 0.1) is 12.1 Å². The van der Waals surface area contributed by atoms with E-state index in [1.54, 1.807) is 0 Å². The molecular formula is C18H30N2O. The number of nitrogens with one attached hydrogen (secondary N) is 1. The van der Waals surface area contributed by atoms with Crippen molar-refractivity contribution in [3.05, 3.63) is 35.9 Å². The van der Waals surface area contributed by atoms with E-state index in [9.17, 15) is 5.11 Å². The summed E-state index contributed by atoms with van der Waals surface area (Å²) >= 11 is 0. The Morgan fingerprint density at radius 2 is 2.00 bits per heavy atom. The molecule has 2 rings (SSSR count). The summed E-state index contributed by atoms with van der Waals surface area (Å²) in [5.41, 5.74) is 0.824. The lowest BCUT2D eigenvalue weighted by molar-refractivity contribution is 0.0582. The van der Waals surface area contributed by atoms with Crippen molar-refractivity contribution in [2.45, 2.75) is 45.2 Å². The first-order chi connectivity index (χ1) is 10.1. The number of piperidine rings is 1. The highest BCUT2D eigenvalue weighted by Gasteiger charge is 2.35. The maximum Gasteiger partial charge on any atom is 0.0797 e. The molecular weight excluding hydrogens is 260 g/mol. The van der Waals surface area contributed by atoms with Gasteiger partial charge in [-0.25, -0.2) is 0 Å². The van der Waals surface area contributed by atoms with E-state index in [4.69, 9.17) is 0 Å². The standard InChI is InChI=1S/C18H30N2O/c1-4-19-18(14-21,17-8-6-5-7-9-17)13-20-11-10-15(2)12-16(20)3/h5-9,15-16,19,21H,4,10-14H2,1-3H3. The van der Waals surface area contributed by atoms with Crippen LogP contribution in [0.3, 0.4) is 0 Å². The molecule has 0 amide bonds. The second kappa shape index (κ2) is 7.39. The van der Waals surface area contributed by atoms with Gasteiger partial charge in [-0.2, -0.15) is 0 Å². The molecule has 3 atom stereocenters. The van der Waals surface area contributed by atoms with Gasteiger partial charge in [-0.15, -0.1) is 0 Å². The van der Waals surface area contributed by atoms with Gasteiger partial charge in [-0.1, -0.05) is 44.2 Å². The van der Waals surface area contributed by atoms with E-state index < -0.39 is 0 Å². The van der Waals surface area contributed by atoms with Crippen LogP contribution in [0.2, 0.25) is 0 Å². The summed E-state index contributed by atoms with van der Waals surface area (Å²) in [5, 5.41) is 13.7. The van der Waals surface area contributed by atoms with E-state index >= 15 is 0 Å². The SMILES string of the molecule is CCNC(CO)(CN1CCC(C)CC1C)c1ccccc1. The third kappa shape index (κ3) is 3.85. The highest BCUT2D eigenvalue weighted by molar-refractivity contribution is 5.25. The number of hydrogen-bond donors (Lipinski definition) is 2. The molecule has 2 N–H and O–H groups in total. The van der Waals surface area contributed by atoms with Crippen molar-refractivity contribution < 1.29 is 5.11 Å². The minimum Gasteiger partial charge on any atom is -0.394 e. The molecule has 1 aliphatic rings. The Morgan fingerprint density at radius 1 is 1.29 bits per heavy atom. The molecule has 0 bridgehead atoms. The normalized spacial score (nSPS) is 26.5. The van der Waals surface area contributed by atoms with E-state index in [0.29, 0.717) is 6.04 Å². The van der Waals surface area contributed by atoms with Gasteiger partial charge in [0.15, 0.2) is 0 Å². The van der Waals surface area contributed by atoms with Crippen molar-refractivity contribution in [1.82, 2.24) is 10.2 Å². The van der Waals surface area contributed by atoms with Crippen LogP contribution in [0.25, 0.3) is 0 Å². The van der Waals surface area contributed by atoms with Gasteiger partial charge in [0, 0.05) is 12.6 Å². The van der Waals surface area contributed by atoms with Crippen LogP contribution in [-0.2, 0) is 5.54 Å². The number of aliphatic hydroxyl groups is 1. The molecule has 118 valence electrons. The zero-order valence-electron chi connectivity index (χ0n) is 13.7. The van der Waals surface area contributed by atoms with Gasteiger partial charge in [-0.3, -0.25) is 4.90 Å². The molecule has 0 saturated carbocycles. The summed E-state index contributed by atoms with van der Waals surface area (Å²) in [6, 6.07) is 11.0. The van der Waals surface area contributed by atoms with Crippen molar-refractivity contribution in [3.63, 3.8) is 0 Å². The molecule has 1 aromatic rings. The maximum atomic E-state index is 10.1. The Hall–Kier alpha value is -0.900. The lowest BCUT2D eigenvalue weighted by atomic mass is 9.86. The van der Waals surface area contributed by atoms with Crippen LogP contribution in [0.1, 0.15) is 39.2 Å². The molecule has 0 aromatic heterocycles. The van der Waals surface area contributed by atoms with Gasteiger partial charge < -0.3 is 10.4 Å². The highest BCUT2D eigenvalue weighted by atomic mass is 16.3. The molecule has 3 nitrogen and oxygen atoms in total. The van der Waals surface area contributed by atoms with Gasteiger partial charge in [-0.05, 0) is 44.3 Å². The Bertz CT molecular complexity index is 422. The molecule has 3 unspecified atom stereocenters. The van der Waals surface area contributed by atoms with Crippen LogP contribution < -0.4 is 5.32 Å². The summed E-state index contributed by atoms with van der Waals surface area (Å²) in [6.45, 7) is 9.74. The molecule has 1 heterocycles. The van der Waals surface area contributed by atoms with E-state index in [-0.39, 0.29) is 12.1 Å². The minimum atomic E-state index is -0.356. The minimum absolute atomic E-state index is 0.129. The van der Waals surface area contributed by atoms with Crippen LogP contribution in [0.4, 0.5) is 0 Å². The molecule has 1 saturated heterocycles. The first-order valence-corrected chi connectivity index (χ1v) is 8.26. The van der Waals surface area contributed by atoms with Crippen LogP contribution in [-0.4, -0.2) is 42.3 Å². The molecule has 1 aromatic carbocycles. The van der Waals surface area contributed by atoms with E-state index in [1.165, 1.54) is 18.4 Å². The fourth-order valence-electron chi connectivity index (χ4n) is 3.58. The largest absolute Gasteiger partial charge is 0.394 e. The number of likely N-dealkylation sites (N-methyl/N-ethyl adjacent to an activating group) is 1. The number of hydrogen-bond acceptors (Lipinski definition) is 3. The number of benzene rings is 1. The summed E-state index contributed by atoms with van der Waals surface area (Å²) in [4.78, 5) is 2.53. The lowest BCUT2D eigenvalue weighted by Crippen LogP contribution is -2.56. The van der Waals surface area contributed by atoms with Gasteiger partial charge in [0.25, 0.3) is 0 Å². The lowest BCUT2D eigenvalue weighted by Gasteiger charge is -2.43. The summed E-state index contributed by atoms with van der Waals surface area (Å²) < 4.78 is 0. The molecule has 21 heavy (non-hydrogen) atoms. The zero-order chi connectivity index (χ0) is 15.3. The average molecular weight is 290 g/mol. The highest BCUT2D eigenvalue weighted by Crippen LogP contribution is 2.28. The number of nitrogens with zero attached hydrogens (tertiary/aromatic N) is 1. The van der Waals surface area contributed by atoms with Crippen molar-refractivity contribution in [2.24, 2.45) is 5.92 Å². The fraction of sp³-hybridized carbons (Fsp3) is 0.667. The van der Waals surface area contributed by atoms with Crippen molar-refractivity contribution >= 4 is 0 Å². The molecule has 0 radical (unpaired) electrons. The van der Waals surface area contributed by atoms with E-state index in [2.05, 4.69) is 55.3 Å². The van der Waals surface area contributed by atoms with E-state index in [1.807, 2.05) is 6.07 Å². The summed E-state index contributed by atoms with van der Waals surface area (Å²) in [7, 11) is 0. The Morgan fingerprint density at radius 3 is 2.57 bits per heavy atom. The van der Waals surface area contributed by atoms with Gasteiger partial charge >= 0.3 is 0 Å². The Kier molecular flexibility index (Phi) is 5.80. The number of likely N-dealkylation sites (tertiary alicyclic amines) is 1. The van der Waals surface area contributed by atoms with Crippen LogP contribution >= 0.6 is 0 Å². The number of aliphatic hydroxyl groups excluding tert-OH is 1. The van der Waals surface area contributed by atoms with Crippen LogP contribution in [0.15, 0.2) is 30.3 Å². The Labute approximate surface area is 129 Å². The molecule has 0 aliphatic carbocycles. The third-order valence-corrected chi connectivity index (χ3v) is 4.86. The van der Waals surface area contributed by atoms with Crippen molar-refractivity contribution in [1.29, 1.82) is 0 Å². The topological polar surface area (TPSA) is 35.5 Å². The summed E-state index contributed by atoms with van der Waals surface area (Å²) in [5.74, 6) is 0.815. The average Bonchev–Trinajstić information content (AvgIpc) is 2.50. The zero-order valence-corrected chi connectivity index (χ0v) is 13.7. The number of rotatable bonds is 6. The predicted octanol–water partition coefficient (Wildman–Crippen LogP) is 2.60. The molecule has 3 heteroatoms. The van der Waals surface area contributed by atoms with Crippen molar-refractivity contribution in [3.8, 4) is 0 Å². The van der Waals surface area contributed by atoms with Gasteiger partial charge in [0.1, 0.15) is 0 Å². The Balaban J connectivity index is 2.20. The smallest absolute Gasteiger partial charge is 0.0797 e. The molecule has 0 spiro atoms. The second-order valence-electron chi connectivity index (χ2n) is 6.59. The third-order valence-electron chi connectivity index (χ3n) is 4.86. The first-order valence-electron chi connectivity index (χ1n) is 8.26. The van der Waals surface area contributed by atoms with Crippen molar-refractivity contribution in [2.75, 3.05) is 26.2 Å². The maximum absolute atomic E-state index is 10.1. The van der Waals surface area contributed by atoms with Gasteiger partial charge in [0.2, 0.25) is 0 Å². The fourth-order valence-corrected chi connectivity index (χ4v) is 3.58. The monoisotopic (exact) mass is 290 g/mol. The van der Waals surface area contributed by atoms with Crippen LogP contribution in [0, 0.1) is 5.92 Å². The van der Waals surface area contributed by atoms with Crippen LogP contribution in [0.5, 0.6) is 0 Å². The molecule has 1 fully saturated rings. The quantitative estimate of drug-likeness (QED) is 0.845. The second-order valence-corrected chi connectivity index (χ2v) is 6.59. The predicted molar refractivity (Wildman–Crippen MR) is 88.3 cm³/mol. The first kappa shape index (κ1) is 16.5. The van der Waals surface area contributed by atoms with E-state index in [0.717, 1.165) is 25.6 Å². The summed E-state index contributed by atoms with van der Waals surface area (Å²) in [6.07, 6.45) is 2.51.